The third kappa shape index (κ3) is 5.49. The lowest BCUT2D eigenvalue weighted by Gasteiger charge is -2.28. The van der Waals surface area contributed by atoms with Crippen LogP contribution in [0.2, 0.25) is 0 Å². The Kier molecular flexibility index (Phi) is 7.20. The van der Waals surface area contributed by atoms with Gasteiger partial charge in [-0.2, -0.15) is 11.8 Å². The fourth-order valence-corrected chi connectivity index (χ4v) is 4.96. The maximum Gasteiger partial charge on any atom is 0.161 e. The van der Waals surface area contributed by atoms with Gasteiger partial charge in [-0.05, 0) is 36.1 Å². The number of thioether (sulfide) groups is 1. The maximum absolute atomic E-state index is 10.3. The summed E-state index contributed by atoms with van der Waals surface area (Å²) >= 11 is 1.97. The van der Waals surface area contributed by atoms with Gasteiger partial charge in [0.05, 0.1) is 7.11 Å². The minimum atomic E-state index is -0.500. The topological polar surface area (TPSA) is 54.0 Å². The molecule has 2 fully saturated rings. The van der Waals surface area contributed by atoms with E-state index in [1.165, 1.54) is 18.4 Å². The zero-order chi connectivity index (χ0) is 20.8. The van der Waals surface area contributed by atoms with Gasteiger partial charge >= 0.3 is 0 Å². The first-order chi connectivity index (χ1) is 14.7. The van der Waals surface area contributed by atoms with Crippen molar-refractivity contribution in [3.63, 3.8) is 0 Å². The molecule has 162 valence electrons. The summed E-state index contributed by atoms with van der Waals surface area (Å²) in [6.07, 6.45) is 1.84. The molecule has 1 heterocycles. The molecule has 0 spiro atoms. The largest absolute Gasteiger partial charge is 0.493 e. The highest BCUT2D eigenvalue weighted by atomic mass is 32.2. The molecule has 1 atom stereocenters. The highest BCUT2D eigenvalue weighted by molar-refractivity contribution is 7.99. The normalized spacial score (nSPS) is 19.3. The molecule has 4 rings (SSSR count). The first-order valence-electron chi connectivity index (χ1n) is 10.8. The standard InChI is InChI=1S/C24H32N2O3S/c1-28-23-15-19(16-25-24(9-10-24)20-5-3-2-4-6-20)7-8-22(23)29-18-21(27)17-26-11-13-30-14-12-26/h2-8,15,21,25,27H,9-14,16-18H2,1H3/t21-/m0/s1. The summed E-state index contributed by atoms with van der Waals surface area (Å²) in [6.45, 7) is 3.79. The van der Waals surface area contributed by atoms with Crippen LogP contribution < -0.4 is 14.8 Å². The molecular weight excluding hydrogens is 396 g/mol. The Morgan fingerprint density at radius 2 is 1.87 bits per heavy atom. The van der Waals surface area contributed by atoms with Crippen molar-refractivity contribution in [2.24, 2.45) is 0 Å². The number of rotatable bonds is 10. The monoisotopic (exact) mass is 428 g/mol. The minimum Gasteiger partial charge on any atom is -0.493 e. The van der Waals surface area contributed by atoms with Crippen LogP contribution in [-0.2, 0) is 12.1 Å². The molecule has 2 aromatic rings. The second-order valence-electron chi connectivity index (χ2n) is 8.16. The van der Waals surface area contributed by atoms with E-state index >= 15 is 0 Å². The van der Waals surface area contributed by atoms with Crippen LogP contribution in [0.25, 0.3) is 0 Å². The SMILES string of the molecule is COc1cc(CNC2(c3ccccc3)CC2)ccc1OC[C@@H](O)CN1CCSCC1. The minimum absolute atomic E-state index is 0.112. The molecular formula is C24H32N2O3S. The number of hydrogen-bond donors (Lipinski definition) is 2. The highest BCUT2D eigenvalue weighted by Gasteiger charge is 2.43. The molecule has 1 saturated carbocycles. The predicted octanol–water partition coefficient (Wildman–Crippen LogP) is 3.26. The molecule has 0 aromatic heterocycles. The molecule has 1 saturated heterocycles. The van der Waals surface area contributed by atoms with E-state index in [-0.39, 0.29) is 12.1 Å². The van der Waals surface area contributed by atoms with Crippen LogP contribution in [0, 0.1) is 0 Å². The first kappa shape index (κ1) is 21.5. The number of ether oxygens (including phenoxy) is 2. The molecule has 2 aliphatic rings. The van der Waals surface area contributed by atoms with Gasteiger partial charge in [0.25, 0.3) is 0 Å². The van der Waals surface area contributed by atoms with Gasteiger partial charge in [0, 0.05) is 43.2 Å². The smallest absolute Gasteiger partial charge is 0.161 e. The van der Waals surface area contributed by atoms with Crippen LogP contribution >= 0.6 is 11.8 Å². The Balaban J connectivity index is 1.30. The number of aliphatic hydroxyl groups is 1. The summed E-state index contributed by atoms with van der Waals surface area (Å²) in [5, 5.41) is 14.1. The number of hydrogen-bond acceptors (Lipinski definition) is 6. The zero-order valence-corrected chi connectivity index (χ0v) is 18.5. The fourth-order valence-electron chi connectivity index (χ4n) is 3.98. The number of β-amino-alcohol motifs (C(OH)–C–C–N with tert-alkyl or cyclic N) is 1. The Morgan fingerprint density at radius 1 is 1.10 bits per heavy atom. The molecule has 6 heteroatoms. The van der Waals surface area contributed by atoms with E-state index in [2.05, 4.69) is 46.6 Å². The summed E-state index contributed by atoms with van der Waals surface area (Å²) in [7, 11) is 1.66. The van der Waals surface area contributed by atoms with E-state index in [4.69, 9.17) is 9.47 Å². The van der Waals surface area contributed by atoms with Crippen LogP contribution in [-0.4, -0.2) is 61.0 Å². The average Bonchev–Trinajstić information content (AvgIpc) is 3.59. The Hall–Kier alpha value is -1.73. The van der Waals surface area contributed by atoms with Gasteiger partial charge in [-0.15, -0.1) is 0 Å². The van der Waals surface area contributed by atoms with Gasteiger partial charge in [-0.3, -0.25) is 4.90 Å². The van der Waals surface area contributed by atoms with Crippen molar-refractivity contribution in [2.75, 3.05) is 44.9 Å². The van der Waals surface area contributed by atoms with Crippen molar-refractivity contribution in [3.05, 3.63) is 59.7 Å². The Labute approximate surface area is 183 Å². The summed E-state index contributed by atoms with van der Waals surface area (Å²) in [5.41, 5.74) is 2.63. The van der Waals surface area contributed by atoms with E-state index in [9.17, 15) is 5.11 Å². The van der Waals surface area contributed by atoms with Crippen molar-refractivity contribution in [1.29, 1.82) is 0 Å². The van der Waals surface area contributed by atoms with Crippen LogP contribution in [0.15, 0.2) is 48.5 Å². The number of benzene rings is 2. The summed E-state index contributed by atoms with van der Waals surface area (Å²) < 4.78 is 11.4. The number of nitrogens with zero attached hydrogens (tertiary/aromatic N) is 1. The summed E-state index contributed by atoms with van der Waals surface area (Å²) in [6, 6.07) is 16.7. The Bertz CT molecular complexity index is 807. The van der Waals surface area contributed by atoms with Gasteiger partial charge in [0.15, 0.2) is 11.5 Å². The molecule has 1 aliphatic carbocycles. The quantitative estimate of drug-likeness (QED) is 0.606. The van der Waals surface area contributed by atoms with Crippen LogP contribution in [0.4, 0.5) is 0 Å². The molecule has 0 radical (unpaired) electrons. The molecule has 1 aliphatic heterocycles. The van der Waals surface area contributed by atoms with E-state index in [0.29, 0.717) is 18.0 Å². The Morgan fingerprint density at radius 3 is 2.57 bits per heavy atom. The third-order valence-electron chi connectivity index (χ3n) is 5.94. The van der Waals surface area contributed by atoms with Crippen LogP contribution in [0.1, 0.15) is 24.0 Å². The lowest BCUT2D eigenvalue weighted by atomic mass is 10.0. The molecule has 30 heavy (non-hydrogen) atoms. The fraction of sp³-hybridized carbons (Fsp3) is 0.500. The summed E-state index contributed by atoms with van der Waals surface area (Å²) in [5.74, 6) is 3.67. The number of aliphatic hydroxyl groups excluding tert-OH is 1. The maximum atomic E-state index is 10.3. The van der Waals surface area contributed by atoms with Crippen molar-refractivity contribution >= 4 is 11.8 Å². The lowest BCUT2D eigenvalue weighted by molar-refractivity contribution is 0.0705. The number of nitrogens with one attached hydrogen (secondary N) is 1. The van der Waals surface area contributed by atoms with Crippen LogP contribution in [0.5, 0.6) is 11.5 Å². The summed E-state index contributed by atoms with van der Waals surface area (Å²) in [4.78, 5) is 2.30. The molecule has 0 bridgehead atoms. The van der Waals surface area contributed by atoms with E-state index in [0.717, 1.165) is 36.7 Å². The number of methoxy groups -OCH3 is 1. The zero-order valence-electron chi connectivity index (χ0n) is 17.7. The van der Waals surface area contributed by atoms with E-state index < -0.39 is 6.10 Å². The van der Waals surface area contributed by atoms with Crippen molar-refractivity contribution in [1.82, 2.24) is 10.2 Å². The van der Waals surface area contributed by atoms with Crippen molar-refractivity contribution in [2.45, 2.75) is 31.0 Å². The van der Waals surface area contributed by atoms with Gasteiger partial charge < -0.3 is 19.9 Å². The van der Waals surface area contributed by atoms with Crippen molar-refractivity contribution < 1.29 is 14.6 Å². The molecule has 0 unspecified atom stereocenters. The predicted molar refractivity (Wildman–Crippen MR) is 122 cm³/mol. The third-order valence-corrected chi connectivity index (χ3v) is 6.88. The second kappa shape index (κ2) is 10.1. The van der Waals surface area contributed by atoms with Crippen LogP contribution in [0.3, 0.4) is 0 Å². The first-order valence-corrected chi connectivity index (χ1v) is 11.9. The second-order valence-corrected chi connectivity index (χ2v) is 9.39. The van der Waals surface area contributed by atoms with E-state index in [1.807, 2.05) is 23.9 Å². The average molecular weight is 429 g/mol. The van der Waals surface area contributed by atoms with Gasteiger partial charge in [0.1, 0.15) is 12.7 Å². The lowest BCUT2D eigenvalue weighted by Crippen LogP contribution is -2.40. The van der Waals surface area contributed by atoms with Gasteiger partial charge in [-0.25, -0.2) is 0 Å². The molecule has 2 N–H and O–H groups in total. The van der Waals surface area contributed by atoms with Gasteiger partial charge in [0.2, 0.25) is 0 Å². The van der Waals surface area contributed by atoms with Crippen molar-refractivity contribution in [3.8, 4) is 11.5 Å². The molecule has 5 nitrogen and oxygen atoms in total. The molecule has 0 amide bonds. The van der Waals surface area contributed by atoms with Gasteiger partial charge in [-0.1, -0.05) is 36.4 Å². The highest BCUT2D eigenvalue weighted by Crippen LogP contribution is 2.45. The van der Waals surface area contributed by atoms with E-state index in [1.54, 1.807) is 7.11 Å². The molecule has 2 aromatic carbocycles.